The molecule has 4 aromatic rings. The Kier molecular flexibility index (Phi) is 6.78. The molecule has 1 N–H and O–H groups in total. The van der Waals surface area contributed by atoms with Gasteiger partial charge in [-0.15, -0.1) is 0 Å². The van der Waals surface area contributed by atoms with E-state index < -0.39 is 17.5 Å². The normalized spacial score (nSPS) is 11.7. The topological polar surface area (TPSA) is 128 Å². The van der Waals surface area contributed by atoms with E-state index in [1.807, 2.05) is 18.2 Å². The molecule has 4 rings (SSSR count). The molecule has 1 atom stereocenters. The lowest BCUT2D eigenvalue weighted by Gasteiger charge is -2.31. The highest BCUT2D eigenvalue weighted by molar-refractivity contribution is 6.31. The monoisotopic (exact) mass is 495 g/mol. The van der Waals surface area contributed by atoms with Gasteiger partial charge in [-0.25, -0.2) is 15.0 Å². The van der Waals surface area contributed by atoms with Crippen molar-refractivity contribution >= 4 is 29.1 Å². The molecule has 0 aliphatic heterocycles. The average Bonchev–Trinajstić information content (AvgIpc) is 3.36. The van der Waals surface area contributed by atoms with Crippen LogP contribution < -0.4 is 20.5 Å². The molecule has 0 spiro atoms. The first-order valence-corrected chi connectivity index (χ1v) is 10.8. The highest BCUT2D eigenvalue weighted by atomic mass is 35.5. The van der Waals surface area contributed by atoms with E-state index in [9.17, 15) is 9.59 Å². The Labute approximate surface area is 205 Å². The van der Waals surface area contributed by atoms with E-state index in [0.29, 0.717) is 22.1 Å². The van der Waals surface area contributed by atoms with Gasteiger partial charge in [0.25, 0.3) is 11.5 Å². The van der Waals surface area contributed by atoms with Crippen molar-refractivity contribution in [1.29, 1.82) is 0 Å². The first-order valence-electron chi connectivity index (χ1n) is 10.4. The third-order valence-electron chi connectivity index (χ3n) is 5.35. The van der Waals surface area contributed by atoms with Gasteiger partial charge >= 0.3 is 0 Å². The van der Waals surface area contributed by atoms with Crippen LogP contribution in [-0.4, -0.2) is 44.7 Å². The van der Waals surface area contributed by atoms with Crippen LogP contribution in [0.2, 0.25) is 5.02 Å². The number of ether oxygens (including phenoxy) is 1. The van der Waals surface area contributed by atoms with Gasteiger partial charge in [0.1, 0.15) is 17.8 Å². The number of carbonyl (C=O) groups is 1. The summed E-state index contributed by atoms with van der Waals surface area (Å²) in [5.41, 5.74) is 1.02. The zero-order valence-electron chi connectivity index (χ0n) is 19.4. The van der Waals surface area contributed by atoms with Crippen LogP contribution in [0.3, 0.4) is 0 Å². The summed E-state index contributed by atoms with van der Waals surface area (Å²) in [4.78, 5) is 41.1. The number of rotatable bonds is 7. The molecule has 1 amide bonds. The number of halogens is 1. The van der Waals surface area contributed by atoms with Crippen molar-refractivity contribution < 1.29 is 14.1 Å². The molecule has 0 aliphatic rings. The van der Waals surface area contributed by atoms with Crippen molar-refractivity contribution in [2.75, 3.05) is 24.4 Å². The van der Waals surface area contributed by atoms with E-state index in [-0.39, 0.29) is 17.4 Å². The molecule has 3 heterocycles. The van der Waals surface area contributed by atoms with Crippen molar-refractivity contribution in [3.63, 3.8) is 0 Å². The van der Waals surface area contributed by atoms with Crippen LogP contribution in [0.1, 0.15) is 33.5 Å². The number of carbonyl (C=O) groups excluding carboxylic acids is 1. The summed E-state index contributed by atoms with van der Waals surface area (Å²) >= 11 is 6.56. The fraction of sp³-hybridized carbons (Fsp3) is 0.217. The molecule has 0 fully saturated rings. The highest BCUT2D eigenvalue weighted by Crippen LogP contribution is 2.34. The molecular weight excluding hydrogens is 474 g/mol. The van der Waals surface area contributed by atoms with E-state index in [1.54, 1.807) is 44.4 Å². The van der Waals surface area contributed by atoms with Crippen molar-refractivity contribution in [2.24, 2.45) is 7.05 Å². The predicted octanol–water partition coefficient (Wildman–Crippen LogP) is 3.01. The van der Waals surface area contributed by atoms with E-state index in [1.165, 1.54) is 24.1 Å². The van der Waals surface area contributed by atoms with Gasteiger partial charge in [-0.3, -0.25) is 14.2 Å². The molecule has 3 aromatic heterocycles. The van der Waals surface area contributed by atoms with Crippen LogP contribution in [0.5, 0.6) is 5.75 Å². The Balaban J connectivity index is 1.86. The summed E-state index contributed by atoms with van der Waals surface area (Å²) in [6, 6.07) is 6.79. The van der Waals surface area contributed by atoms with E-state index in [0.717, 1.165) is 5.56 Å². The molecule has 0 radical (unpaired) electrons. The Morgan fingerprint density at radius 1 is 1.23 bits per heavy atom. The summed E-state index contributed by atoms with van der Waals surface area (Å²) in [5, 5.41) is 6.65. The van der Waals surface area contributed by atoms with Gasteiger partial charge in [0.2, 0.25) is 11.7 Å². The maximum atomic E-state index is 13.2. The van der Waals surface area contributed by atoms with Gasteiger partial charge in [-0.1, -0.05) is 35.0 Å². The summed E-state index contributed by atoms with van der Waals surface area (Å²) in [7, 11) is 4.58. The molecule has 1 aromatic carbocycles. The van der Waals surface area contributed by atoms with Crippen molar-refractivity contribution in [1.82, 2.24) is 24.7 Å². The molecule has 0 saturated carbocycles. The van der Waals surface area contributed by atoms with Gasteiger partial charge in [-0.05, 0) is 18.6 Å². The van der Waals surface area contributed by atoms with Gasteiger partial charge in [0.05, 0.1) is 19.3 Å². The van der Waals surface area contributed by atoms with Crippen molar-refractivity contribution in [3.05, 3.63) is 87.1 Å². The zero-order valence-corrected chi connectivity index (χ0v) is 20.1. The summed E-state index contributed by atoms with van der Waals surface area (Å²) < 4.78 is 11.3. The van der Waals surface area contributed by atoms with E-state index >= 15 is 0 Å². The minimum absolute atomic E-state index is 0.191. The Morgan fingerprint density at radius 3 is 2.57 bits per heavy atom. The van der Waals surface area contributed by atoms with Crippen LogP contribution in [0.4, 0.5) is 11.6 Å². The lowest BCUT2D eigenvalue weighted by molar-refractivity contribution is 0.101. The number of nitrogens with zero attached hydrogens (tertiary/aromatic N) is 6. The maximum Gasteiger partial charge on any atom is 0.297 e. The summed E-state index contributed by atoms with van der Waals surface area (Å²) in [6.07, 6.45) is 5.95. The second kappa shape index (κ2) is 9.94. The number of hydrogen-bond donors (Lipinski definition) is 1. The molecule has 0 saturated heterocycles. The Morgan fingerprint density at radius 2 is 1.94 bits per heavy atom. The van der Waals surface area contributed by atoms with Crippen LogP contribution in [0.25, 0.3) is 0 Å². The molecule has 1 unspecified atom stereocenters. The summed E-state index contributed by atoms with van der Waals surface area (Å²) in [6.45, 7) is 1.78. The molecule has 35 heavy (non-hydrogen) atoms. The largest absolute Gasteiger partial charge is 0.489 e. The van der Waals surface area contributed by atoms with Crippen LogP contribution in [-0.2, 0) is 7.05 Å². The smallest absolute Gasteiger partial charge is 0.297 e. The van der Waals surface area contributed by atoms with E-state index in [4.69, 9.17) is 20.9 Å². The lowest BCUT2D eigenvalue weighted by Crippen LogP contribution is -2.35. The number of methoxy groups -OCH3 is 1. The number of nitrogens with one attached hydrogen (secondary N) is 1. The third kappa shape index (κ3) is 4.71. The maximum absolute atomic E-state index is 13.2. The van der Waals surface area contributed by atoms with Gasteiger partial charge in [0, 0.05) is 37.1 Å². The molecular formula is C23H22ClN7O4. The number of aromatic nitrogens is 5. The number of anilines is 2. The number of benzene rings is 1. The molecule has 0 bridgehead atoms. The van der Waals surface area contributed by atoms with Gasteiger partial charge < -0.3 is 19.5 Å². The Bertz CT molecular complexity index is 1400. The van der Waals surface area contributed by atoms with E-state index in [2.05, 4.69) is 25.4 Å². The number of aryl methyl sites for hydroxylation is 1. The second-order valence-corrected chi connectivity index (χ2v) is 8.03. The third-order valence-corrected chi connectivity index (χ3v) is 5.70. The van der Waals surface area contributed by atoms with Gasteiger partial charge in [0.15, 0.2) is 5.69 Å². The zero-order chi connectivity index (χ0) is 25.1. The average molecular weight is 496 g/mol. The quantitative estimate of drug-likeness (QED) is 0.411. The molecule has 11 nitrogen and oxygen atoms in total. The summed E-state index contributed by atoms with van der Waals surface area (Å²) in [5.74, 6) is -0.0642. The molecule has 0 aliphatic carbocycles. The second-order valence-electron chi connectivity index (χ2n) is 7.62. The fourth-order valence-electron chi connectivity index (χ4n) is 3.65. The lowest BCUT2D eigenvalue weighted by atomic mass is 10.00. The van der Waals surface area contributed by atoms with Crippen molar-refractivity contribution in [2.45, 2.75) is 13.0 Å². The van der Waals surface area contributed by atoms with Gasteiger partial charge in [-0.2, -0.15) is 0 Å². The van der Waals surface area contributed by atoms with Crippen LogP contribution in [0, 0.1) is 6.92 Å². The minimum Gasteiger partial charge on any atom is -0.489 e. The predicted molar refractivity (Wildman–Crippen MR) is 129 cm³/mol. The highest BCUT2D eigenvalue weighted by Gasteiger charge is 2.29. The first-order chi connectivity index (χ1) is 16.8. The molecule has 180 valence electrons. The van der Waals surface area contributed by atoms with Crippen molar-refractivity contribution in [3.8, 4) is 5.75 Å². The Hall–Kier alpha value is -4.25. The van der Waals surface area contributed by atoms with Crippen LogP contribution in [0.15, 0.2) is 58.4 Å². The fourth-order valence-corrected chi connectivity index (χ4v) is 3.89. The standard InChI is InChI=1S/C23H22ClN7O4/c1-13-25-9-14(10-26-13)19(16-7-5-6-8-17(16)24)30(2)23-29-18(20(34-4)22(33)31(23)3)21(32)28-15-11-27-35-12-15/h5-12,19H,1-4H3,(H,28,32). The minimum atomic E-state index is -0.662. The number of hydrogen-bond acceptors (Lipinski definition) is 9. The number of amides is 1. The van der Waals surface area contributed by atoms with Crippen LogP contribution >= 0.6 is 11.6 Å². The molecule has 12 heteroatoms. The first kappa shape index (κ1) is 23.9. The SMILES string of the molecule is COc1c(C(=O)Nc2cnoc2)nc(N(C)C(c2cnc(C)nc2)c2ccccc2Cl)n(C)c1=O.